The highest BCUT2D eigenvalue weighted by molar-refractivity contribution is 5.98. The Labute approximate surface area is 316 Å². The molecule has 296 valence electrons. The number of nitrogens with zero attached hydrogens (tertiary/aromatic N) is 4. The van der Waals surface area contributed by atoms with E-state index < -0.39 is 59.7 Å². The van der Waals surface area contributed by atoms with Crippen molar-refractivity contribution in [2.75, 3.05) is 33.7 Å². The van der Waals surface area contributed by atoms with Gasteiger partial charge in [-0.05, 0) is 73.5 Å². The molecule has 2 fully saturated rings. The molecule has 6 amide bonds. The number of amides is 6. The van der Waals surface area contributed by atoms with Crippen LogP contribution in [0.25, 0.3) is 0 Å². The van der Waals surface area contributed by atoms with Gasteiger partial charge in [-0.2, -0.15) is 0 Å². The Bertz CT molecular complexity index is 1450. The summed E-state index contributed by atoms with van der Waals surface area (Å²) in [6.07, 6.45) is 1.98. The number of benzene rings is 1. The van der Waals surface area contributed by atoms with E-state index >= 15 is 0 Å². The zero-order chi connectivity index (χ0) is 39.7. The van der Waals surface area contributed by atoms with Crippen LogP contribution in [0.5, 0.6) is 5.75 Å². The summed E-state index contributed by atoms with van der Waals surface area (Å²) in [6.45, 7) is 15.8. The quantitative estimate of drug-likeness (QED) is 0.332. The maximum atomic E-state index is 14.4. The minimum Gasteiger partial charge on any atom is -0.508 e. The molecule has 53 heavy (non-hydrogen) atoms. The second-order valence-electron chi connectivity index (χ2n) is 16.7. The first-order valence-corrected chi connectivity index (χ1v) is 19.3. The average Bonchev–Trinajstić information content (AvgIpc) is 3.56. The predicted octanol–water partition coefficient (Wildman–Crippen LogP) is 3.19. The van der Waals surface area contributed by atoms with E-state index in [9.17, 15) is 33.9 Å². The number of carbonyl (C=O) groups is 6. The molecule has 0 unspecified atom stereocenters. The van der Waals surface area contributed by atoms with E-state index in [4.69, 9.17) is 0 Å². The molecule has 2 saturated heterocycles. The van der Waals surface area contributed by atoms with Crippen molar-refractivity contribution >= 4 is 35.4 Å². The van der Waals surface area contributed by atoms with E-state index in [1.54, 1.807) is 19.2 Å². The second-order valence-corrected chi connectivity index (χ2v) is 16.7. The second kappa shape index (κ2) is 19.3. The highest BCUT2D eigenvalue weighted by atomic mass is 16.3. The van der Waals surface area contributed by atoms with Crippen LogP contribution in [-0.4, -0.2) is 124 Å². The Hall–Kier alpha value is -4.16. The molecule has 0 radical (unpaired) electrons. The number of hydrogen-bond acceptors (Lipinski definition) is 7. The molecule has 0 spiro atoms. The monoisotopic (exact) mass is 740 g/mol. The standard InChI is InChI=1S/C40H64N6O7/c1-24(2)18-30-38(51)45(22-27(7)8)23-35(48)43(9)33(20-26(5)6)36(49)42-31(19-25(3)4)39(52)46-17-11-12-32(46)40(53)44(10)34(37(50)41-30)21-28-13-15-29(47)16-14-28/h13-16,24-27,30-34,47H,11-12,17-23H2,1-10H3,(H,41,50)(H,42,49)/t30-,31-,32+,33-,34-/m0/s1. The third-order valence-corrected chi connectivity index (χ3v) is 10.0. The van der Waals surface area contributed by atoms with Crippen LogP contribution in [-0.2, 0) is 35.2 Å². The summed E-state index contributed by atoms with van der Waals surface area (Å²) >= 11 is 0. The molecule has 13 nitrogen and oxygen atoms in total. The number of phenolic OH excluding ortho intramolecular Hbond substituents is 1. The molecule has 3 N–H and O–H groups in total. The van der Waals surface area contributed by atoms with Gasteiger partial charge in [0.2, 0.25) is 35.4 Å². The molecule has 0 aliphatic carbocycles. The summed E-state index contributed by atoms with van der Waals surface area (Å²) in [5.74, 6) is -2.56. The van der Waals surface area contributed by atoms with Crippen molar-refractivity contribution in [3.05, 3.63) is 29.8 Å². The van der Waals surface area contributed by atoms with Crippen LogP contribution in [0.3, 0.4) is 0 Å². The van der Waals surface area contributed by atoms with Gasteiger partial charge >= 0.3 is 0 Å². The Kier molecular flexibility index (Phi) is 15.7. The highest BCUT2D eigenvalue weighted by Gasteiger charge is 2.43. The van der Waals surface area contributed by atoms with Crippen LogP contribution in [0.1, 0.15) is 93.1 Å². The van der Waals surface area contributed by atoms with E-state index in [0.717, 1.165) is 0 Å². The molecule has 3 rings (SSSR count). The Morgan fingerprint density at radius 3 is 1.74 bits per heavy atom. The van der Waals surface area contributed by atoms with Gasteiger partial charge in [-0.15, -0.1) is 0 Å². The molecular weight excluding hydrogens is 676 g/mol. The highest BCUT2D eigenvalue weighted by Crippen LogP contribution is 2.25. The van der Waals surface area contributed by atoms with E-state index in [2.05, 4.69) is 10.6 Å². The number of aromatic hydroxyl groups is 1. The van der Waals surface area contributed by atoms with Crippen molar-refractivity contribution in [2.24, 2.45) is 23.7 Å². The molecule has 0 saturated carbocycles. The van der Waals surface area contributed by atoms with Gasteiger partial charge in [-0.3, -0.25) is 28.8 Å². The van der Waals surface area contributed by atoms with Crippen LogP contribution in [0.2, 0.25) is 0 Å². The van der Waals surface area contributed by atoms with Gasteiger partial charge in [0.25, 0.3) is 0 Å². The van der Waals surface area contributed by atoms with Gasteiger partial charge in [-0.1, -0.05) is 67.5 Å². The summed E-state index contributed by atoms with van der Waals surface area (Å²) in [5.41, 5.74) is 0.682. The molecule has 2 aliphatic heterocycles. The lowest BCUT2D eigenvalue weighted by molar-refractivity contribution is -0.150. The van der Waals surface area contributed by atoms with Crippen LogP contribution in [0.4, 0.5) is 0 Å². The summed E-state index contributed by atoms with van der Waals surface area (Å²) in [6, 6.07) is 1.58. The molecular formula is C40H64N6O7. The number of rotatable bonds is 10. The molecule has 1 aromatic carbocycles. The first-order chi connectivity index (χ1) is 24.8. The van der Waals surface area contributed by atoms with Gasteiger partial charge in [-0.25, -0.2) is 0 Å². The van der Waals surface area contributed by atoms with Crippen LogP contribution in [0, 0.1) is 23.7 Å². The van der Waals surface area contributed by atoms with E-state index in [-0.39, 0.29) is 61.3 Å². The van der Waals surface area contributed by atoms with Crippen molar-refractivity contribution in [3.63, 3.8) is 0 Å². The van der Waals surface area contributed by atoms with Gasteiger partial charge in [0.15, 0.2) is 0 Å². The lowest BCUT2D eigenvalue weighted by atomic mass is 9.98. The van der Waals surface area contributed by atoms with Gasteiger partial charge < -0.3 is 35.3 Å². The first kappa shape index (κ1) is 43.2. The lowest BCUT2D eigenvalue weighted by Crippen LogP contribution is -2.61. The zero-order valence-corrected chi connectivity index (χ0v) is 33.6. The number of likely N-dealkylation sites (N-methyl/N-ethyl adjacent to an activating group) is 2. The number of phenols is 1. The summed E-state index contributed by atoms with van der Waals surface area (Å²) < 4.78 is 0. The van der Waals surface area contributed by atoms with Crippen LogP contribution in [0.15, 0.2) is 24.3 Å². The minimum absolute atomic E-state index is 0.00717. The third-order valence-electron chi connectivity index (χ3n) is 10.0. The smallest absolute Gasteiger partial charge is 0.245 e. The molecule has 2 heterocycles. The maximum absolute atomic E-state index is 14.4. The first-order valence-electron chi connectivity index (χ1n) is 19.3. The van der Waals surface area contributed by atoms with Crippen molar-refractivity contribution in [3.8, 4) is 5.75 Å². The fourth-order valence-electron chi connectivity index (χ4n) is 7.29. The Balaban J connectivity index is 2.19. The van der Waals surface area contributed by atoms with Gasteiger partial charge in [0, 0.05) is 33.6 Å². The Morgan fingerprint density at radius 2 is 1.21 bits per heavy atom. The largest absolute Gasteiger partial charge is 0.508 e. The molecule has 5 atom stereocenters. The molecule has 0 aromatic heterocycles. The maximum Gasteiger partial charge on any atom is 0.245 e. The van der Waals surface area contributed by atoms with E-state index in [1.807, 2.05) is 55.4 Å². The number of hydrogen-bond donors (Lipinski definition) is 3. The minimum atomic E-state index is -1.07. The molecule has 13 heteroatoms. The molecule has 0 bridgehead atoms. The topological polar surface area (TPSA) is 160 Å². The average molecular weight is 741 g/mol. The number of carbonyl (C=O) groups excluding carboxylic acids is 6. The van der Waals surface area contributed by atoms with Gasteiger partial charge in [0.1, 0.15) is 36.0 Å². The Morgan fingerprint density at radius 1 is 0.679 bits per heavy atom. The molecule has 2 aliphatic rings. The van der Waals surface area contributed by atoms with Crippen LogP contribution < -0.4 is 10.6 Å². The summed E-state index contributed by atoms with van der Waals surface area (Å²) in [7, 11) is 3.09. The molecule has 1 aromatic rings. The summed E-state index contributed by atoms with van der Waals surface area (Å²) in [4.78, 5) is 91.4. The SMILES string of the molecule is CC(C)C[C@@H]1NC(=O)[C@H](Cc2ccc(O)cc2)N(C)C(=O)[C@H]2CCCN2C(=O)[C@H](CC(C)C)NC(=O)[C@H](CC(C)C)N(C)C(=O)CN(CC(C)C)C1=O. The van der Waals surface area contributed by atoms with Crippen molar-refractivity contribution in [2.45, 2.75) is 124 Å². The van der Waals surface area contributed by atoms with Crippen molar-refractivity contribution in [1.29, 1.82) is 0 Å². The fraction of sp³-hybridized carbons (Fsp3) is 0.700. The lowest BCUT2D eigenvalue weighted by Gasteiger charge is -2.37. The van der Waals surface area contributed by atoms with Gasteiger partial charge in [0.05, 0.1) is 6.54 Å². The number of nitrogens with one attached hydrogen (secondary N) is 2. The normalized spacial score (nSPS) is 24.7. The van der Waals surface area contributed by atoms with E-state index in [0.29, 0.717) is 37.8 Å². The number of fused-ring (bicyclic) bond motifs is 1. The summed E-state index contributed by atoms with van der Waals surface area (Å²) in [5, 5.41) is 15.8. The predicted molar refractivity (Wildman–Crippen MR) is 203 cm³/mol. The van der Waals surface area contributed by atoms with E-state index in [1.165, 1.54) is 38.8 Å². The van der Waals surface area contributed by atoms with Crippen molar-refractivity contribution < 1.29 is 33.9 Å². The third kappa shape index (κ3) is 11.9. The fourth-order valence-corrected chi connectivity index (χ4v) is 7.29. The van der Waals surface area contributed by atoms with Crippen LogP contribution >= 0.6 is 0 Å². The zero-order valence-electron chi connectivity index (χ0n) is 33.6. The van der Waals surface area contributed by atoms with Crippen molar-refractivity contribution in [1.82, 2.24) is 30.2 Å².